The quantitative estimate of drug-likeness (QED) is 0.104. The Kier molecular flexibility index (Phi) is 11.7. The Hall–Kier alpha value is -3.04. The zero-order chi connectivity index (χ0) is 19.9. The van der Waals surface area contributed by atoms with Crippen molar-refractivity contribution in [2.75, 3.05) is 32.9 Å². The molecule has 10 heteroatoms. The second kappa shape index (κ2) is 13.3. The van der Waals surface area contributed by atoms with Gasteiger partial charge in [0.15, 0.2) is 11.1 Å². The Labute approximate surface area is 151 Å². The van der Waals surface area contributed by atoms with Gasteiger partial charge in [-0.3, -0.25) is 0 Å². The highest BCUT2D eigenvalue weighted by atomic mass is 16.6. The van der Waals surface area contributed by atoms with E-state index in [0.717, 1.165) is 12.4 Å². The fraction of sp³-hybridized carbons (Fsp3) is 0.500. The van der Waals surface area contributed by atoms with Crippen molar-refractivity contribution >= 4 is 23.9 Å². The van der Waals surface area contributed by atoms with Crippen LogP contribution >= 0.6 is 0 Å². The number of carboxylic acids is 1. The Balaban J connectivity index is 4.66. The van der Waals surface area contributed by atoms with Gasteiger partial charge < -0.3 is 30.0 Å². The van der Waals surface area contributed by atoms with Crippen LogP contribution in [0, 0.1) is 0 Å². The van der Waals surface area contributed by atoms with E-state index in [2.05, 4.69) is 15.4 Å². The van der Waals surface area contributed by atoms with E-state index in [4.69, 9.17) is 14.6 Å². The number of nitrogens with one attached hydrogen (secondary N) is 2. The smallest absolute Gasteiger partial charge is 0.347 e. The molecule has 3 N–H and O–H groups in total. The van der Waals surface area contributed by atoms with Crippen LogP contribution in [0.3, 0.4) is 0 Å². The second-order valence-electron chi connectivity index (χ2n) is 4.49. The van der Waals surface area contributed by atoms with Gasteiger partial charge in [0, 0.05) is 25.5 Å². The van der Waals surface area contributed by atoms with Crippen LogP contribution in [0.25, 0.3) is 0 Å². The molecule has 0 radical (unpaired) electrons. The number of carboxylic acid groups (broad SMARTS) is 1. The first kappa shape index (κ1) is 23.0. The molecular weight excluding hydrogens is 348 g/mol. The highest BCUT2D eigenvalue weighted by Crippen LogP contribution is 2.01. The average Bonchev–Trinajstić information content (AvgIpc) is 2.57. The minimum Gasteiger partial charge on any atom is -0.477 e. The summed E-state index contributed by atoms with van der Waals surface area (Å²) in [5.41, 5.74) is -0.830. The molecule has 0 saturated heterocycles. The van der Waals surface area contributed by atoms with Crippen LogP contribution < -0.4 is 10.6 Å². The molecule has 0 aliphatic heterocycles. The molecule has 0 spiro atoms. The van der Waals surface area contributed by atoms with Crippen molar-refractivity contribution in [3.63, 3.8) is 0 Å². The molecule has 0 aromatic rings. The highest BCUT2D eigenvalue weighted by molar-refractivity contribution is 6.14. The first-order valence-corrected chi connectivity index (χ1v) is 8.00. The largest absolute Gasteiger partial charge is 0.477 e. The fourth-order valence-corrected chi connectivity index (χ4v) is 1.53. The normalized spacial score (nSPS) is 10.3. The summed E-state index contributed by atoms with van der Waals surface area (Å²) in [6, 6.07) is 0. The molecule has 0 aromatic heterocycles. The highest BCUT2D eigenvalue weighted by Gasteiger charge is 2.21. The Morgan fingerprint density at radius 1 is 0.731 bits per heavy atom. The molecule has 0 unspecified atom stereocenters. The summed E-state index contributed by atoms with van der Waals surface area (Å²) in [4.78, 5) is 45.8. The summed E-state index contributed by atoms with van der Waals surface area (Å²) in [7, 11) is 0. The maximum Gasteiger partial charge on any atom is 0.347 e. The van der Waals surface area contributed by atoms with Gasteiger partial charge in [0.25, 0.3) is 0 Å². The molecule has 0 atom stereocenters. The van der Waals surface area contributed by atoms with Crippen molar-refractivity contribution < 1.29 is 38.5 Å². The van der Waals surface area contributed by atoms with Crippen LogP contribution in [0.2, 0.25) is 0 Å². The van der Waals surface area contributed by atoms with Gasteiger partial charge >= 0.3 is 23.9 Å². The zero-order valence-corrected chi connectivity index (χ0v) is 15.0. The predicted molar refractivity (Wildman–Crippen MR) is 89.7 cm³/mol. The predicted octanol–water partition coefficient (Wildman–Crippen LogP) is -0.293. The van der Waals surface area contributed by atoms with E-state index in [9.17, 15) is 19.2 Å². The van der Waals surface area contributed by atoms with Gasteiger partial charge in [-0.05, 0) is 20.8 Å². The summed E-state index contributed by atoms with van der Waals surface area (Å²) in [6.45, 7) is 5.45. The molecule has 0 saturated carbocycles. The third kappa shape index (κ3) is 8.71. The summed E-state index contributed by atoms with van der Waals surface area (Å²) < 4.78 is 14.2. The van der Waals surface area contributed by atoms with Crippen molar-refractivity contribution in [2.24, 2.45) is 0 Å². The lowest BCUT2D eigenvalue weighted by Crippen LogP contribution is -2.26. The first-order valence-electron chi connectivity index (χ1n) is 8.00. The van der Waals surface area contributed by atoms with E-state index in [1.165, 1.54) is 0 Å². The number of ether oxygens (including phenoxy) is 3. The van der Waals surface area contributed by atoms with Crippen molar-refractivity contribution in [3.05, 3.63) is 23.5 Å². The zero-order valence-electron chi connectivity index (χ0n) is 15.0. The number of esters is 3. The van der Waals surface area contributed by atoms with Crippen LogP contribution in [-0.4, -0.2) is 61.9 Å². The van der Waals surface area contributed by atoms with E-state index in [1.54, 1.807) is 20.8 Å². The molecule has 0 aromatic carbocycles. The average molecular weight is 372 g/mol. The number of carbonyl (C=O) groups is 4. The number of hydrogen-bond acceptors (Lipinski definition) is 9. The van der Waals surface area contributed by atoms with Crippen molar-refractivity contribution in [1.29, 1.82) is 0 Å². The van der Waals surface area contributed by atoms with E-state index in [0.29, 0.717) is 0 Å². The van der Waals surface area contributed by atoms with Gasteiger partial charge in [-0.15, -0.1) is 0 Å². The lowest BCUT2D eigenvalue weighted by molar-refractivity contribution is -0.147. The molecule has 0 bridgehead atoms. The molecule has 0 rings (SSSR count). The molecule has 146 valence electrons. The van der Waals surface area contributed by atoms with E-state index < -0.39 is 29.5 Å². The second-order valence-corrected chi connectivity index (χ2v) is 4.49. The Morgan fingerprint density at radius 2 is 1.08 bits per heavy atom. The third-order valence-electron chi connectivity index (χ3n) is 2.62. The molecule has 26 heavy (non-hydrogen) atoms. The molecular formula is C16H24N2O8. The maximum absolute atomic E-state index is 11.7. The van der Waals surface area contributed by atoms with Crippen LogP contribution in [0.5, 0.6) is 0 Å². The lowest BCUT2D eigenvalue weighted by Gasteiger charge is -2.08. The van der Waals surface area contributed by atoms with Crippen molar-refractivity contribution in [2.45, 2.75) is 20.8 Å². The Bertz CT molecular complexity index is 549. The topological polar surface area (TPSA) is 140 Å². The maximum atomic E-state index is 11.7. The van der Waals surface area contributed by atoms with Crippen LogP contribution in [-0.2, 0) is 33.4 Å². The molecule has 0 heterocycles. The van der Waals surface area contributed by atoms with Crippen LogP contribution in [0.15, 0.2) is 23.5 Å². The van der Waals surface area contributed by atoms with Crippen molar-refractivity contribution in [3.8, 4) is 0 Å². The van der Waals surface area contributed by atoms with Gasteiger partial charge in [0.05, 0.1) is 19.8 Å². The molecule has 0 aliphatic carbocycles. The summed E-state index contributed by atoms with van der Waals surface area (Å²) in [5, 5.41) is 14.3. The number of rotatable bonds is 12. The standard InChI is InChI=1S/C16H24N2O8/c1-4-24-14(21)11(13(19)20)9-17-7-8-18-10-12(15(22)25-5-2)16(23)26-6-3/h9-10,17-18H,4-8H2,1-3H3,(H,19,20)/b11-9+. The summed E-state index contributed by atoms with van der Waals surface area (Å²) >= 11 is 0. The number of aliphatic carboxylic acids is 1. The first-order chi connectivity index (χ1) is 12.4. The van der Waals surface area contributed by atoms with Gasteiger partial charge in [-0.2, -0.15) is 0 Å². The Morgan fingerprint density at radius 3 is 1.42 bits per heavy atom. The molecule has 0 fully saturated rings. The monoisotopic (exact) mass is 372 g/mol. The van der Waals surface area contributed by atoms with E-state index in [1.807, 2.05) is 0 Å². The lowest BCUT2D eigenvalue weighted by atomic mass is 10.3. The van der Waals surface area contributed by atoms with Crippen LogP contribution in [0.4, 0.5) is 0 Å². The summed E-state index contributed by atoms with van der Waals surface area (Å²) in [6.07, 6.45) is 2.17. The van der Waals surface area contributed by atoms with E-state index in [-0.39, 0.29) is 38.5 Å². The van der Waals surface area contributed by atoms with Gasteiger partial charge in [0.1, 0.15) is 0 Å². The third-order valence-corrected chi connectivity index (χ3v) is 2.62. The van der Waals surface area contributed by atoms with Crippen LogP contribution in [0.1, 0.15) is 20.8 Å². The molecule has 10 nitrogen and oxygen atoms in total. The molecule has 0 aliphatic rings. The van der Waals surface area contributed by atoms with Gasteiger partial charge in [0.2, 0.25) is 0 Å². The van der Waals surface area contributed by atoms with E-state index >= 15 is 0 Å². The van der Waals surface area contributed by atoms with Crippen molar-refractivity contribution in [1.82, 2.24) is 10.6 Å². The van der Waals surface area contributed by atoms with Gasteiger partial charge in [-0.1, -0.05) is 0 Å². The minimum atomic E-state index is -1.42. The molecule has 0 amide bonds. The number of hydrogen-bond donors (Lipinski definition) is 3. The van der Waals surface area contributed by atoms with Gasteiger partial charge in [-0.25, -0.2) is 19.2 Å². The minimum absolute atomic E-state index is 0.0559. The number of carbonyl (C=O) groups excluding carboxylic acids is 3. The fourth-order valence-electron chi connectivity index (χ4n) is 1.53. The summed E-state index contributed by atoms with van der Waals surface area (Å²) in [5.74, 6) is -4.01. The SMILES string of the molecule is CCOC(=O)C(=CNCCN/C=C(\C(=O)O)C(=O)OCC)C(=O)OCC.